The molecule has 2 heterocycles. The Bertz CT molecular complexity index is 949. The summed E-state index contributed by atoms with van der Waals surface area (Å²) in [6, 6.07) is 8.65. The van der Waals surface area contributed by atoms with Crippen LogP contribution in [0.5, 0.6) is 0 Å². The van der Waals surface area contributed by atoms with Crippen LogP contribution >= 0.6 is 11.6 Å². The zero-order valence-electron chi connectivity index (χ0n) is 13.5. The predicted molar refractivity (Wildman–Crippen MR) is 92.7 cm³/mol. The number of hydrogen-bond donors (Lipinski definition) is 2. The number of benzene rings is 1. The van der Waals surface area contributed by atoms with Crippen molar-refractivity contribution < 1.29 is 9.53 Å². The predicted octanol–water partition coefficient (Wildman–Crippen LogP) is 1.79. The third-order valence-corrected chi connectivity index (χ3v) is 3.64. The molecule has 0 spiro atoms. The van der Waals surface area contributed by atoms with Gasteiger partial charge in [0.1, 0.15) is 0 Å². The molecule has 3 aromatic rings. The number of nitrogens with zero attached hydrogens (tertiary/aromatic N) is 3. The monoisotopic (exact) mass is 361 g/mol. The van der Waals surface area contributed by atoms with Gasteiger partial charge in [0.15, 0.2) is 0 Å². The van der Waals surface area contributed by atoms with Crippen LogP contribution < -0.4 is 10.9 Å². The number of aromatic nitrogens is 4. The van der Waals surface area contributed by atoms with Gasteiger partial charge in [-0.15, -0.1) is 0 Å². The van der Waals surface area contributed by atoms with Crippen molar-refractivity contribution in [1.82, 2.24) is 19.6 Å². The summed E-state index contributed by atoms with van der Waals surface area (Å²) in [5, 5.41) is 6.57. The van der Waals surface area contributed by atoms with Crippen LogP contribution in [-0.2, 0) is 22.5 Å². The number of aromatic amines is 1. The average molecular weight is 362 g/mol. The Morgan fingerprint density at radius 2 is 2.08 bits per heavy atom. The second-order valence-corrected chi connectivity index (χ2v) is 5.69. The topological polar surface area (TPSA) is 101 Å². The Morgan fingerprint density at radius 3 is 2.80 bits per heavy atom. The van der Waals surface area contributed by atoms with E-state index in [1.165, 1.54) is 10.6 Å². The number of esters is 1. The van der Waals surface area contributed by atoms with Crippen molar-refractivity contribution in [2.24, 2.45) is 0 Å². The molecule has 130 valence electrons. The summed E-state index contributed by atoms with van der Waals surface area (Å²) >= 11 is 5.85. The smallest absolute Gasteiger partial charge is 0.311 e. The third kappa shape index (κ3) is 4.16. The van der Waals surface area contributed by atoms with Crippen LogP contribution in [0.1, 0.15) is 18.2 Å². The molecule has 1 aromatic carbocycles. The highest BCUT2D eigenvalue weighted by Gasteiger charge is 2.11. The first-order chi connectivity index (χ1) is 12.0. The lowest BCUT2D eigenvalue weighted by Crippen LogP contribution is -2.18. The van der Waals surface area contributed by atoms with Crippen molar-refractivity contribution >= 4 is 29.3 Å². The van der Waals surface area contributed by atoms with E-state index in [9.17, 15) is 9.59 Å². The number of carbonyl (C=O) groups excluding carboxylic acids is 1. The second kappa shape index (κ2) is 7.35. The van der Waals surface area contributed by atoms with E-state index in [0.29, 0.717) is 23.2 Å². The summed E-state index contributed by atoms with van der Waals surface area (Å²) in [7, 11) is 0. The standard InChI is InChI=1S/C16H16ClN5O3/c1-2-25-14(24)8-12-7-13(23)22-16(19-12)20-15(21-22)18-9-10-3-5-11(17)6-4-10/h3-7H,2,8-9H2,1H3,(H2,18,19,20,21). The molecule has 0 aliphatic carbocycles. The second-order valence-electron chi connectivity index (χ2n) is 5.26. The minimum absolute atomic E-state index is 0.0695. The molecule has 0 radical (unpaired) electrons. The lowest BCUT2D eigenvalue weighted by molar-refractivity contribution is -0.142. The first-order valence-corrected chi connectivity index (χ1v) is 8.05. The Morgan fingerprint density at radius 1 is 1.32 bits per heavy atom. The average Bonchev–Trinajstić information content (AvgIpc) is 2.98. The Hall–Kier alpha value is -2.87. The van der Waals surface area contributed by atoms with Gasteiger partial charge in [-0.3, -0.25) is 14.7 Å². The van der Waals surface area contributed by atoms with Crippen LogP contribution in [0, 0.1) is 0 Å². The third-order valence-electron chi connectivity index (χ3n) is 3.39. The number of H-pyrrole nitrogens is 1. The van der Waals surface area contributed by atoms with E-state index >= 15 is 0 Å². The summed E-state index contributed by atoms with van der Waals surface area (Å²) in [4.78, 5) is 32.1. The summed E-state index contributed by atoms with van der Waals surface area (Å²) in [6.07, 6.45) is -0.0695. The number of rotatable bonds is 6. The molecule has 2 aromatic heterocycles. The summed E-state index contributed by atoms with van der Waals surface area (Å²) < 4.78 is 6.07. The molecular weight excluding hydrogens is 346 g/mol. The van der Waals surface area contributed by atoms with Gasteiger partial charge in [-0.25, -0.2) is 4.98 Å². The molecule has 0 unspecified atom stereocenters. The molecule has 0 bridgehead atoms. The van der Waals surface area contributed by atoms with Crippen LogP contribution in [0.15, 0.2) is 35.1 Å². The minimum Gasteiger partial charge on any atom is -0.466 e. The van der Waals surface area contributed by atoms with E-state index in [1.807, 2.05) is 12.1 Å². The minimum atomic E-state index is -0.435. The fourth-order valence-corrected chi connectivity index (χ4v) is 2.37. The van der Waals surface area contributed by atoms with Crippen molar-refractivity contribution in [1.29, 1.82) is 0 Å². The van der Waals surface area contributed by atoms with E-state index in [1.54, 1.807) is 19.1 Å². The molecule has 0 aliphatic rings. The fourth-order valence-electron chi connectivity index (χ4n) is 2.24. The van der Waals surface area contributed by atoms with Gasteiger partial charge in [-0.1, -0.05) is 23.7 Å². The number of carbonyl (C=O) groups is 1. The van der Waals surface area contributed by atoms with Gasteiger partial charge in [0.25, 0.3) is 11.3 Å². The van der Waals surface area contributed by atoms with Crippen LogP contribution in [0.25, 0.3) is 5.78 Å². The highest BCUT2D eigenvalue weighted by atomic mass is 35.5. The number of ether oxygens (including phenoxy) is 1. The van der Waals surface area contributed by atoms with E-state index < -0.39 is 5.97 Å². The van der Waals surface area contributed by atoms with E-state index in [0.717, 1.165) is 5.56 Å². The van der Waals surface area contributed by atoms with Gasteiger partial charge in [-0.05, 0) is 24.6 Å². The van der Waals surface area contributed by atoms with Gasteiger partial charge >= 0.3 is 5.97 Å². The van der Waals surface area contributed by atoms with Crippen LogP contribution in [0.4, 0.5) is 5.95 Å². The quantitative estimate of drug-likeness (QED) is 0.649. The van der Waals surface area contributed by atoms with E-state index in [4.69, 9.17) is 16.3 Å². The molecule has 2 N–H and O–H groups in total. The molecule has 9 heteroatoms. The van der Waals surface area contributed by atoms with Gasteiger partial charge in [0.2, 0.25) is 5.95 Å². The Balaban J connectivity index is 1.77. The van der Waals surface area contributed by atoms with Crippen molar-refractivity contribution in [2.75, 3.05) is 11.9 Å². The highest BCUT2D eigenvalue weighted by molar-refractivity contribution is 6.30. The van der Waals surface area contributed by atoms with Crippen LogP contribution in [-0.4, -0.2) is 32.2 Å². The van der Waals surface area contributed by atoms with Gasteiger partial charge < -0.3 is 10.1 Å². The normalized spacial score (nSPS) is 10.8. The first kappa shape index (κ1) is 17.0. The van der Waals surface area contributed by atoms with Crippen molar-refractivity contribution in [3.63, 3.8) is 0 Å². The van der Waals surface area contributed by atoms with Crippen molar-refractivity contribution in [3.05, 3.63) is 57.0 Å². The maximum atomic E-state index is 12.1. The fraction of sp³-hybridized carbons (Fsp3) is 0.250. The first-order valence-electron chi connectivity index (χ1n) is 7.68. The molecule has 0 fully saturated rings. The molecular formula is C16H16ClN5O3. The van der Waals surface area contributed by atoms with Gasteiger partial charge in [0.05, 0.1) is 18.7 Å². The summed E-state index contributed by atoms with van der Waals surface area (Å²) in [6.45, 7) is 2.50. The lowest BCUT2D eigenvalue weighted by Gasteiger charge is -2.02. The zero-order chi connectivity index (χ0) is 17.8. The van der Waals surface area contributed by atoms with Gasteiger partial charge in [-0.2, -0.15) is 9.50 Å². The highest BCUT2D eigenvalue weighted by Crippen LogP contribution is 2.11. The van der Waals surface area contributed by atoms with E-state index in [2.05, 4.69) is 20.4 Å². The molecule has 25 heavy (non-hydrogen) atoms. The summed E-state index contributed by atoms with van der Waals surface area (Å²) in [5.74, 6) is 0.147. The summed E-state index contributed by atoms with van der Waals surface area (Å²) in [5.41, 5.74) is 0.976. The van der Waals surface area contributed by atoms with Crippen LogP contribution in [0.3, 0.4) is 0 Å². The number of halogens is 1. The number of nitrogens with one attached hydrogen (secondary N) is 2. The molecule has 0 amide bonds. The molecule has 0 saturated carbocycles. The number of fused-ring (bicyclic) bond motifs is 1. The zero-order valence-corrected chi connectivity index (χ0v) is 14.2. The lowest BCUT2D eigenvalue weighted by atomic mass is 10.2. The molecule has 0 atom stereocenters. The Kier molecular flexibility index (Phi) is 4.99. The number of anilines is 1. The van der Waals surface area contributed by atoms with Gasteiger partial charge in [0, 0.05) is 17.6 Å². The molecule has 0 aliphatic heterocycles. The van der Waals surface area contributed by atoms with Crippen molar-refractivity contribution in [3.8, 4) is 0 Å². The Labute approximate surface area is 147 Å². The van der Waals surface area contributed by atoms with Crippen LogP contribution in [0.2, 0.25) is 5.02 Å². The van der Waals surface area contributed by atoms with Crippen molar-refractivity contribution in [2.45, 2.75) is 19.9 Å². The number of hydrogen-bond acceptors (Lipinski definition) is 6. The van der Waals surface area contributed by atoms with E-state index in [-0.39, 0.29) is 24.4 Å². The molecule has 3 rings (SSSR count). The maximum Gasteiger partial charge on any atom is 0.311 e. The molecule has 0 saturated heterocycles. The molecule has 8 nitrogen and oxygen atoms in total. The largest absolute Gasteiger partial charge is 0.466 e. The SMILES string of the molecule is CCOC(=O)Cc1cc(=O)n2[nH]c(NCc3ccc(Cl)cc3)nc2n1. The maximum absolute atomic E-state index is 12.1.